The van der Waals surface area contributed by atoms with Crippen LogP contribution in [0.2, 0.25) is 0 Å². The number of carboxylic acid groups (broad SMARTS) is 1. The highest BCUT2D eigenvalue weighted by molar-refractivity contribution is 5.91. The summed E-state index contributed by atoms with van der Waals surface area (Å²) in [4.78, 5) is 23.0. The molecule has 70 valence electrons. The van der Waals surface area contributed by atoms with Crippen molar-refractivity contribution in [1.82, 2.24) is 4.90 Å². The SMILES string of the molecule is CC1C=CC=CC(=O)N1CC(=O)O. The van der Waals surface area contributed by atoms with Crippen LogP contribution in [0.1, 0.15) is 6.92 Å². The first-order valence-electron chi connectivity index (χ1n) is 3.98. The third kappa shape index (κ3) is 2.43. The van der Waals surface area contributed by atoms with E-state index in [2.05, 4.69) is 0 Å². The van der Waals surface area contributed by atoms with E-state index in [0.29, 0.717) is 0 Å². The minimum atomic E-state index is -0.996. The molecule has 0 aromatic rings. The van der Waals surface area contributed by atoms with Crippen molar-refractivity contribution in [3.05, 3.63) is 24.3 Å². The van der Waals surface area contributed by atoms with Crippen LogP contribution < -0.4 is 0 Å². The molecule has 0 radical (unpaired) electrons. The fourth-order valence-corrected chi connectivity index (χ4v) is 1.13. The molecule has 0 spiro atoms. The minimum absolute atomic E-state index is 0.168. The number of hydrogen-bond acceptors (Lipinski definition) is 2. The largest absolute Gasteiger partial charge is 0.480 e. The van der Waals surface area contributed by atoms with Gasteiger partial charge in [0, 0.05) is 12.1 Å². The molecule has 1 aliphatic heterocycles. The molecule has 0 aliphatic carbocycles. The van der Waals surface area contributed by atoms with E-state index >= 15 is 0 Å². The summed E-state index contributed by atoms with van der Waals surface area (Å²) < 4.78 is 0. The summed E-state index contributed by atoms with van der Waals surface area (Å²) >= 11 is 0. The third-order valence-corrected chi connectivity index (χ3v) is 1.82. The molecular formula is C9H11NO3. The average Bonchev–Trinajstić information content (AvgIpc) is 2.18. The van der Waals surface area contributed by atoms with Crippen LogP contribution in [0, 0.1) is 0 Å². The first-order valence-corrected chi connectivity index (χ1v) is 3.98. The van der Waals surface area contributed by atoms with Gasteiger partial charge in [-0.3, -0.25) is 9.59 Å². The molecule has 0 bridgehead atoms. The van der Waals surface area contributed by atoms with Crippen LogP contribution in [0.5, 0.6) is 0 Å². The zero-order chi connectivity index (χ0) is 9.84. The van der Waals surface area contributed by atoms with E-state index in [1.165, 1.54) is 11.0 Å². The Bertz CT molecular complexity index is 281. The van der Waals surface area contributed by atoms with Gasteiger partial charge in [0.25, 0.3) is 0 Å². The molecule has 4 nitrogen and oxygen atoms in total. The van der Waals surface area contributed by atoms with Gasteiger partial charge in [-0.15, -0.1) is 0 Å². The minimum Gasteiger partial charge on any atom is -0.480 e. The Morgan fingerprint density at radius 1 is 1.62 bits per heavy atom. The van der Waals surface area contributed by atoms with Gasteiger partial charge < -0.3 is 10.0 Å². The van der Waals surface area contributed by atoms with Crippen LogP contribution >= 0.6 is 0 Å². The number of carbonyl (C=O) groups is 2. The van der Waals surface area contributed by atoms with Crippen LogP contribution in [0.25, 0.3) is 0 Å². The van der Waals surface area contributed by atoms with Gasteiger partial charge in [0.05, 0.1) is 0 Å². The van der Waals surface area contributed by atoms with Crippen LogP contribution in [-0.2, 0) is 9.59 Å². The monoisotopic (exact) mass is 181 g/mol. The Labute approximate surface area is 76.2 Å². The van der Waals surface area contributed by atoms with Crippen molar-refractivity contribution in [2.24, 2.45) is 0 Å². The Hall–Kier alpha value is -1.58. The van der Waals surface area contributed by atoms with Crippen LogP contribution in [0.3, 0.4) is 0 Å². The molecule has 1 unspecified atom stereocenters. The van der Waals surface area contributed by atoms with E-state index in [-0.39, 0.29) is 18.5 Å². The second-order valence-corrected chi connectivity index (χ2v) is 2.84. The van der Waals surface area contributed by atoms with E-state index in [9.17, 15) is 9.59 Å². The first kappa shape index (κ1) is 9.51. The molecule has 4 heteroatoms. The van der Waals surface area contributed by atoms with E-state index in [1.807, 2.05) is 0 Å². The maximum absolute atomic E-state index is 11.3. The lowest BCUT2D eigenvalue weighted by atomic mass is 10.2. The smallest absolute Gasteiger partial charge is 0.323 e. The highest BCUT2D eigenvalue weighted by Gasteiger charge is 2.19. The van der Waals surface area contributed by atoms with Gasteiger partial charge in [-0.2, -0.15) is 0 Å². The standard InChI is InChI=1S/C9H11NO3/c1-7-4-2-3-5-8(11)10(7)6-9(12)13/h2-5,7H,6H2,1H3,(H,12,13). The van der Waals surface area contributed by atoms with Crippen molar-refractivity contribution in [3.63, 3.8) is 0 Å². The number of carbonyl (C=O) groups excluding carboxylic acids is 1. The summed E-state index contributed by atoms with van der Waals surface area (Å²) in [5.74, 6) is -1.26. The number of aliphatic carboxylic acids is 1. The Morgan fingerprint density at radius 3 is 2.92 bits per heavy atom. The number of hydrogen-bond donors (Lipinski definition) is 1. The molecule has 1 amide bonds. The lowest BCUT2D eigenvalue weighted by molar-refractivity contribution is -0.143. The van der Waals surface area contributed by atoms with Crippen molar-refractivity contribution in [2.75, 3.05) is 6.54 Å². The van der Waals surface area contributed by atoms with Crippen molar-refractivity contribution < 1.29 is 14.7 Å². The Morgan fingerprint density at radius 2 is 2.31 bits per heavy atom. The molecule has 1 heterocycles. The van der Waals surface area contributed by atoms with Gasteiger partial charge in [-0.25, -0.2) is 0 Å². The first-order chi connectivity index (χ1) is 6.11. The lowest BCUT2D eigenvalue weighted by Crippen LogP contribution is -2.39. The number of allylic oxidation sites excluding steroid dienone is 2. The molecule has 1 atom stereocenters. The van der Waals surface area contributed by atoms with Gasteiger partial charge in [0.1, 0.15) is 6.54 Å². The quantitative estimate of drug-likeness (QED) is 0.671. The van der Waals surface area contributed by atoms with Gasteiger partial charge in [0.15, 0.2) is 0 Å². The molecule has 0 aromatic carbocycles. The molecule has 1 aliphatic rings. The van der Waals surface area contributed by atoms with Crippen molar-refractivity contribution in [2.45, 2.75) is 13.0 Å². The number of carboxylic acids is 1. The fourth-order valence-electron chi connectivity index (χ4n) is 1.13. The normalized spacial score (nSPS) is 21.8. The van der Waals surface area contributed by atoms with Gasteiger partial charge >= 0.3 is 5.97 Å². The molecular weight excluding hydrogens is 170 g/mol. The van der Waals surface area contributed by atoms with E-state index in [1.54, 1.807) is 25.2 Å². The van der Waals surface area contributed by atoms with Gasteiger partial charge in [-0.05, 0) is 6.92 Å². The Kier molecular flexibility index (Phi) is 2.84. The predicted molar refractivity (Wildman–Crippen MR) is 47.1 cm³/mol. The zero-order valence-electron chi connectivity index (χ0n) is 7.30. The van der Waals surface area contributed by atoms with Crippen molar-refractivity contribution >= 4 is 11.9 Å². The lowest BCUT2D eigenvalue weighted by Gasteiger charge is -2.22. The third-order valence-electron chi connectivity index (χ3n) is 1.82. The van der Waals surface area contributed by atoms with Crippen molar-refractivity contribution in [1.29, 1.82) is 0 Å². The fraction of sp³-hybridized carbons (Fsp3) is 0.333. The summed E-state index contributed by atoms with van der Waals surface area (Å²) in [5, 5.41) is 8.55. The molecule has 0 aromatic heterocycles. The topological polar surface area (TPSA) is 57.6 Å². The van der Waals surface area contributed by atoms with Crippen molar-refractivity contribution in [3.8, 4) is 0 Å². The van der Waals surface area contributed by atoms with Gasteiger partial charge in [-0.1, -0.05) is 18.2 Å². The second kappa shape index (κ2) is 3.89. The summed E-state index contributed by atoms with van der Waals surface area (Å²) in [6.45, 7) is 1.53. The molecule has 1 rings (SSSR count). The zero-order valence-corrected chi connectivity index (χ0v) is 7.30. The number of nitrogens with zero attached hydrogens (tertiary/aromatic N) is 1. The summed E-state index contributed by atoms with van der Waals surface area (Å²) in [6, 6.07) is -0.168. The van der Waals surface area contributed by atoms with Crippen LogP contribution in [0.15, 0.2) is 24.3 Å². The highest BCUT2D eigenvalue weighted by Crippen LogP contribution is 2.05. The van der Waals surface area contributed by atoms with E-state index in [0.717, 1.165) is 0 Å². The van der Waals surface area contributed by atoms with Crippen LogP contribution in [-0.4, -0.2) is 34.5 Å². The Balaban J connectivity index is 2.78. The van der Waals surface area contributed by atoms with Crippen LogP contribution in [0.4, 0.5) is 0 Å². The highest BCUT2D eigenvalue weighted by atomic mass is 16.4. The maximum atomic E-state index is 11.3. The average molecular weight is 181 g/mol. The molecule has 1 N–H and O–H groups in total. The molecule has 0 saturated heterocycles. The predicted octanol–water partition coefficient (Wildman–Crippen LogP) is 0.414. The molecule has 0 saturated carbocycles. The summed E-state index contributed by atoms with van der Waals surface area (Å²) in [7, 11) is 0. The molecule has 0 fully saturated rings. The number of rotatable bonds is 2. The number of amides is 1. The van der Waals surface area contributed by atoms with E-state index in [4.69, 9.17) is 5.11 Å². The van der Waals surface area contributed by atoms with Gasteiger partial charge in [0.2, 0.25) is 5.91 Å². The molecule has 13 heavy (non-hydrogen) atoms. The summed E-state index contributed by atoms with van der Waals surface area (Å²) in [6.07, 6.45) is 6.50. The second-order valence-electron chi connectivity index (χ2n) is 2.84. The maximum Gasteiger partial charge on any atom is 0.323 e. The summed E-state index contributed by atoms with van der Waals surface area (Å²) in [5.41, 5.74) is 0. The van der Waals surface area contributed by atoms with E-state index < -0.39 is 5.97 Å².